The van der Waals surface area contributed by atoms with E-state index in [4.69, 9.17) is 0 Å². The van der Waals surface area contributed by atoms with Crippen molar-refractivity contribution in [2.75, 3.05) is 18.5 Å². The normalized spacial score (nSPS) is 28.8. The molecule has 4 N–H and O–H groups in total. The van der Waals surface area contributed by atoms with E-state index in [-0.39, 0.29) is 28.8 Å². The highest BCUT2D eigenvalue weighted by Gasteiger charge is 2.60. The van der Waals surface area contributed by atoms with Crippen molar-refractivity contribution in [3.63, 3.8) is 0 Å². The van der Waals surface area contributed by atoms with Gasteiger partial charge < -0.3 is 20.5 Å². The van der Waals surface area contributed by atoms with Crippen LogP contribution in [0, 0.1) is 11.8 Å². The number of carboxylic acid groups (broad SMARTS) is 1. The highest BCUT2D eigenvalue weighted by Crippen LogP contribution is 2.51. The largest absolute Gasteiger partial charge is 0.477 e. The number of pyridine rings is 1. The molecule has 4 rings (SSSR count). The van der Waals surface area contributed by atoms with Gasteiger partial charge in [-0.1, -0.05) is 13.0 Å². The van der Waals surface area contributed by atoms with E-state index in [1.807, 2.05) is 25.1 Å². The Balaban J connectivity index is 1.36. The van der Waals surface area contributed by atoms with Crippen LogP contribution < -0.4 is 10.9 Å². The van der Waals surface area contributed by atoms with E-state index in [1.54, 1.807) is 13.1 Å². The van der Waals surface area contributed by atoms with Crippen LogP contribution in [0.5, 0.6) is 0 Å². The van der Waals surface area contributed by atoms with Gasteiger partial charge in [0.25, 0.3) is 0 Å². The molecule has 4 heterocycles. The maximum atomic E-state index is 12.4. The first-order chi connectivity index (χ1) is 14.4. The first-order valence-electron chi connectivity index (χ1n) is 9.95. The average molecular weight is 432 g/mol. The fourth-order valence-corrected chi connectivity index (χ4v) is 5.80. The maximum Gasteiger partial charge on any atom is 0.353 e. The van der Waals surface area contributed by atoms with Gasteiger partial charge in [-0.15, -0.1) is 11.8 Å². The number of carbonyl (C=O) groups is 2. The van der Waals surface area contributed by atoms with E-state index >= 15 is 0 Å². The van der Waals surface area contributed by atoms with Crippen molar-refractivity contribution in [2.45, 2.75) is 37.7 Å². The molecule has 0 radical (unpaired) electrons. The van der Waals surface area contributed by atoms with Crippen molar-refractivity contribution in [3.8, 4) is 0 Å². The van der Waals surface area contributed by atoms with Crippen molar-refractivity contribution in [3.05, 3.63) is 35.0 Å². The van der Waals surface area contributed by atoms with Gasteiger partial charge in [-0.2, -0.15) is 0 Å². The Morgan fingerprint density at radius 3 is 2.90 bits per heavy atom. The number of hydrazine groups is 1. The summed E-state index contributed by atoms with van der Waals surface area (Å²) in [5.41, 5.74) is 7.20. The Labute approximate surface area is 178 Å². The number of hydrogen-bond donors (Lipinski definition) is 4. The molecular weight excluding hydrogens is 406 g/mol. The van der Waals surface area contributed by atoms with Crippen LogP contribution in [0.25, 0.3) is 0 Å². The Hall–Kier alpha value is -2.43. The number of aliphatic hydroxyl groups is 1. The van der Waals surface area contributed by atoms with Crippen LogP contribution in [0.3, 0.4) is 0 Å². The van der Waals surface area contributed by atoms with Crippen molar-refractivity contribution < 1.29 is 19.8 Å². The molecule has 5 atom stereocenters. The predicted octanol–water partition coefficient (Wildman–Crippen LogP) is 1.10. The van der Waals surface area contributed by atoms with Gasteiger partial charge in [-0.3, -0.25) is 9.79 Å². The van der Waals surface area contributed by atoms with Crippen LogP contribution >= 0.6 is 11.8 Å². The van der Waals surface area contributed by atoms with Gasteiger partial charge in [0.15, 0.2) is 0 Å². The number of β-lactam (4-membered cyclic amide) rings is 1. The summed E-state index contributed by atoms with van der Waals surface area (Å²) in [7, 11) is 0. The summed E-state index contributed by atoms with van der Waals surface area (Å²) in [4.78, 5) is 35.2. The molecule has 3 aliphatic heterocycles. The van der Waals surface area contributed by atoms with Crippen LogP contribution in [0.15, 0.2) is 40.0 Å². The Morgan fingerprint density at radius 1 is 1.43 bits per heavy atom. The minimum Gasteiger partial charge on any atom is -0.477 e. The summed E-state index contributed by atoms with van der Waals surface area (Å²) >= 11 is 1.50. The lowest BCUT2D eigenvalue weighted by Crippen LogP contribution is -2.63. The predicted molar refractivity (Wildman–Crippen MR) is 114 cm³/mol. The number of aliphatic imine (C=N–C) groups is 1. The van der Waals surface area contributed by atoms with Gasteiger partial charge in [-0.25, -0.2) is 15.2 Å². The molecule has 10 heteroatoms. The standard InChI is InChI=1S/C20H25N5O4S/c1-10-16-15(11(2)26)19(27)25(16)17(20(28)29)18(10)30-13-7-12(22-9-13)8-23-24-14-5-3-4-6-21-14/h3-6,10-11,13,15-16,23,26H,7-9H2,1-2H3,(H,21,24)(H,28,29). The number of nitrogens with zero attached hydrogens (tertiary/aromatic N) is 3. The van der Waals surface area contributed by atoms with Gasteiger partial charge in [-0.05, 0) is 19.1 Å². The van der Waals surface area contributed by atoms with Gasteiger partial charge >= 0.3 is 5.97 Å². The molecule has 1 aromatic rings. The molecule has 0 bridgehead atoms. The molecule has 160 valence electrons. The first kappa shape index (κ1) is 20.8. The quantitative estimate of drug-likeness (QED) is 0.356. The Bertz CT molecular complexity index is 904. The number of aliphatic hydroxyl groups excluding tert-OH is 1. The second kappa shape index (κ2) is 8.37. The molecular formula is C20H25N5O4S. The number of aromatic nitrogens is 1. The van der Waals surface area contributed by atoms with Gasteiger partial charge in [0.1, 0.15) is 11.5 Å². The number of carbonyl (C=O) groups excluding carboxylic acids is 1. The number of amides is 1. The van der Waals surface area contributed by atoms with Crippen molar-refractivity contribution in [1.82, 2.24) is 15.3 Å². The van der Waals surface area contributed by atoms with Crippen LogP contribution in [-0.4, -0.2) is 68.2 Å². The molecule has 5 unspecified atom stereocenters. The summed E-state index contributed by atoms with van der Waals surface area (Å²) < 4.78 is 0. The summed E-state index contributed by atoms with van der Waals surface area (Å²) in [6.45, 7) is 4.69. The summed E-state index contributed by atoms with van der Waals surface area (Å²) in [5, 5.41) is 19.8. The van der Waals surface area contributed by atoms with E-state index in [1.165, 1.54) is 16.7 Å². The molecule has 1 saturated heterocycles. The fourth-order valence-electron chi connectivity index (χ4n) is 4.36. The second-order valence-electron chi connectivity index (χ2n) is 7.82. The molecule has 1 fully saturated rings. The van der Waals surface area contributed by atoms with E-state index in [0.29, 0.717) is 18.0 Å². The molecule has 30 heavy (non-hydrogen) atoms. The SMILES string of the molecule is CC(O)C1C(=O)N2C(C(=O)O)=C(SC3CN=C(CNNc4ccccn4)C3)C(C)C12. The number of anilines is 1. The smallest absolute Gasteiger partial charge is 0.353 e. The third kappa shape index (κ3) is 3.70. The fraction of sp³-hybridized carbons (Fsp3) is 0.500. The molecule has 0 spiro atoms. The summed E-state index contributed by atoms with van der Waals surface area (Å²) in [5.74, 6) is -1.33. The minimum atomic E-state index is -1.09. The number of fused-ring (bicyclic) bond motifs is 1. The zero-order chi connectivity index (χ0) is 21.4. The lowest BCUT2D eigenvalue weighted by molar-refractivity contribution is -0.163. The average Bonchev–Trinajstić information content (AvgIpc) is 3.24. The van der Waals surface area contributed by atoms with E-state index in [0.717, 1.165) is 18.0 Å². The van der Waals surface area contributed by atoms with E-state index < -0.39 is 18.0 Å². The number of nitrogens with one attached hydrogen (secondary N) is 2. The van der Waals surface area contributed by atoms with E-state index in [9.17, 15) is 19.8 Å². The molecule has 0 aliphatic carbocycles. The number of rotatable bonds is 8. The Kier molecular flexibility index (Phi) is 5.81. The minimum absolute atomic E-state index is 0.0720. The zero-order valence-corrected chi connectivity index (χ0v) is 17.6. The number of carboxylic acids is 1. The lowest BCUT2D eigenvalue weighted by atomic mass is 9.79. The third-order valence-electron chi connectivity index (χ3n) is 5.76. The van der Waals surface area contributed by atoms with Gasteiger partial charge in [0.05, 0.1) is 31.2 Å². The highest BCUT2D eigenvalue weighted by atomic mass is 32.2. The van der Waals surface area contributed by atoms with Crippen LogP contribution in [0.1, 0.15) is 20.3 Å². The Morgan fingerprint density at radius 2 is 2.23 bits per heavy atom. The monoisotopic (exact) mass is 431 g/mol. The molecule has 0 saturated carbocycles. The van der Waals surface area contributed by atoms with Crippen molar-refractivity contribution in [2.24, 2.45) is 16.8 Å². The van der Waals surface area contributed by atoms with E-state index in [2.05, 4.69) is 20.8 Å². The molecule has 1 amide bonds. The van der Waals surface area contributed by atoms with Gasteiger partial charge in [0.2, 0.25) is 5.91 Å². The topological polar surface area (TPSA) is 127 Å². The first-order valence-corrected chi connectivity index (χ1v) is 10.8. The second-order valence-corrected chi connectivity index (χ2v) is 9.16. The van der Waals surface area contributed by atoms with Crippen LogP contribution in [-0.2, 0) is 9.59 Å². The molecule has 3 aliphatic rings. The van der Waals surface area contributed by atoms with Crippen molar-refractivity contribution in [1.29, 1.82) is 0 Å². The summed E-state index contributed by atoms with van der Waals surface area (Å²) in [6.07, 6.45) is 1.65. The summed E-state index contributed by atoms with van der Waals surface area (Å²) in [6, 6.07) is 5.31. The van der Waals surface area contributed by atoms with Crippen LogP contribution in [0.4, 0.5) is 5.82 Å². The molecule has 1 aromatic heterocycles. The molecule has 0 aromatic carbocycles. The zero-order valence-electron chi connectivity index (χ0n) is 16.8. The number of thioether (sulfide) groups is 1. The van der Waals surface area contributed by atoms with Gasteiger partial charge in [0, 0.05) is 34.4 Å². The maximum absolute atomic E-state index is 12.4. The van der Waals surface area contributed by atoms with Crippen LogP contribution in [0.2, 0.25) is 0 Å². The lowest BCUT2D eigenvalue weighted by Gasteiger charge is -2.46. The molecule has 9 nitrogen and oxygen atoms in total. The number of hydrogen-bond acceptors (Lipinski definition) is 8. The highest BCUT2D eigenvalue weighted by molar-refractivity contribution is 8.03. The number of aliphatic carboxylic acids is 1. The van der Waals surface area contributed by atoms with Crippen molar-refractivity contribution >= 4 is 35.2 Å². The third-order valence-corrected chi connectivity index (χ3v) is 7.23.